The maximum atomic E-state index is 12.9. The molecule has 158 valence electrons. The Kier molecular flexibility index (Phi) is 6.89. The number of hydrogen-bond donors (Lipinski definition) is 0. The zero-order valence-corrected chi connectivity index (χ0v) is 18.4. The molecule has 0 saturated carbocycles. The van der Waals surface area contributed by atoms with Gasteiger partial charge in [-0.1, -0.05) is 0 Å². The van der Waals surface area contributed by atoms with Crippen molar-refractivity contribution in [2.45, 2.75) is 6.92 Å². The molecule has 8 heteroatoms. The number of rotatable bonds is 7. The largest absolute Gasteiger partial charge is 0.497 e. The van der Waals surface area contributed by atoms with E-state index in [0.717, 1.165) is 17.0 Å². The quantitative estimate of drug-likeness (QED) is 0.611. The van der Waals surface area contributed by atoms with Gasteiger partial charge in [-0.15, -0.1) is 0 Å². The number of aliphatic imine (C=N–C) groups is 1. The van der Waals surface area contributed by atoms with Crippen LogP contribution in [0.3, 0.4) is 0 Å². The summed E-state index contributed by atoms with van der Waals surface area (Å²) >= 11 is 1.33. The fraction of sp³-hybridized carbons (Fsp3) is 0.273. The lowest BCUT2D eigenvalue weighted by atomic mass is 10.1. The van der Waals surface area contributed by atoms with Gasteiger partial charge in [-0.3, -0.25) is 9.69 Å². The Bertz CT molecular complexity index is 961. The van der Waals surface area contributed by atoms with E-state index in [2.05, 4.69) is 4.99 Å². The van der Waals surface area contributed by atoms with Crippen LogP contribution in [0, 0.1) is 0 Å². The molecule has 2 aromatic rings. The summed E-state index contributed by atoms with van der Waals surface area (Å²) in [6.07, 6.45) is 1.80. The van der Waals surface area contributed by atoms with Crippen LogP contribution in [-0.2, 0) is 4.79 Å². The summed E-state index contributed by atoms with van der Waals surface area (Å²) < 4.78 is 21.3. The van der Waals surface area contributed by atoms with Gasteiger partial charge in [-0.25, -0.2) is 4.99 Å². The average molecular weight is 429 g/mol. The molecule has 1 aliphatic heterocycles. The van der Waals surface area contributed by atoms with Crippen molar-refractivity contribution < 1.29 is 23.7 Å². The topological polar surface area (TPSA) is 69.6 Å². The summed E-state index contributed by atoms with van der Waals surface area (Å²) in [6, 6.07) is 11.0. The molecule has 0 radical (unpaired) electrons. The molecule has 1 fully saturated rings. The molecule has 0 aromatic heterocycles. The standard InChI is InChI=1S/C22H24N2O5S/c1-6-24-21(25)19(30-22(24)23-15-7-9-16(26-2)10-8-15)13-14-11-17(27-3)20(29-5)18(12-14)28-4/h7-13H,6H2,1-5H3/b19-13+,23-22?. The van der Waals surface area contributed by atoms with Crippen molar-refractivity contribution in [3.8, 4) is 23.0 Å². The first-order valence-electron chi connectivity index (χ1n) is 9.28. The molecule has 1 saturated heterocycles. The minimum Gasteiger partial charge on any atom is -0.497 e. The van der Waals surface area contributed by atoms with Crippen LogP contribution in [0.5, 0.6) is 23.0 Å². The number of hydrogen-bond acceptors (Lipinski definition) is 7. The number of methoxy groups -OCH3 is 4. The van der Waals surface area contributed by atoms with Crippen LogP contribution in [0.15, 0.2) is 46.3 Å². The molecule has 0 atom stereocenters. The van der Waals surface area contributed by atoms with Crippen molar-refractivity contribution in [3.05, 3.63) is 46.9 Å². The predicted octanol–water partition coefficient (Wildman–Crippen LogP) is 4.34. The van der Waals surface area contributed by atoms with E-state index in [1.165, 1.54) is 11.8 Å². The second-order valence-electron chi connectivity index (χ2n) is 6.21. The second kappa shape index (κ2) is 9.58. The molecule has 7 nitrogen and oxygen atoms in total. The molecular weight excluding hydrogens is 404 g/mol. The molecule has 2 aromatic carbocycles. The van der Waals surface area contributed by atoms with E-state index in [0.29, 0.717) is 33.9 Å². The third kappa shape index (κ3) is 4.38. The average Bonchev–Trinajstić information content (AvgIpc) is 3.07. The number of likely N-dealkylation sites (N-methyl/N-ethyl adjacent to an activating group) is 1. The SMILES string of the molecule is CCN1C(=O)/C(=C\c2cc(OC)c(OC)c(OC)c2)SC1=Nc1ccc(OC)cc1. The van der Waals surface area contributed by atoms with Gasteiger partial charge in [0.25, 0.3) is 5.91 Å². The Morgan fingerprint density at radius 2 is 1.60 bits per heavy atom. The number of amides is 1. The van der Waals surface area contributed by atoms with Crippen LogP contribution in [0.4, 0.5) is 5.69 Å². The highest BCUT2D eigenvalue weighted by Gasteiger charge is 2.32. The number of carbonyl (C=O) groups excluding carboxylic acids is 1. The van der Waals surface area contributed by atoms with Gasteiger partial charge in [-0.2, -0.15) is 0 Å². The first-order chi connectivity index (χ1) is 14.5. The highest BCUT2D eigenvalue weighted by Crippen LogP contribution is 2.40. The van der Waals surface area contributed by atoms with E-state index in [1.807, 2.05) is 31.2 Å². The summed E-state index contributed by atoms with van der Waals surface area (Å²) in [4.78, 5) is 19.8. The number of nitrogens with zero attached hydrogens (tertiary/aromatic N) is 2. The van der Waals surface area contributed by atoms with Gasteiger partial charge >= 0.3 is 0 Å². The fourth-order valence-electron chi connectivity index (χ4n) is 2.97. The molecule has 0 spiro atoms. The second-order valence-corrected chi connectivity index (χ2v) is 7.22. The molecule has 0 aliphatic carbocycles. The normalized spacial score (nSPS) is 16.3. The molecule has 0 N–H and O–H groups in total. The Morgan fingerprint density at radius 1 is 0.967 bits per heavy atom. The van der Waals surface area contributed by atoms with Gasteiger partial charge in [0.1, 0.15) is 5.75 Å². The van der Waals surface area contributed by atoms with Gasteiger partial charge in [0.2, 0.25) is 5.75 Å². The van der Waals surface area contributed by atoms with E-state index in [9.17, 15) is 4.79 Å². The van der Waals surface area contributed by atoms with Gasteiger partial charge in [0, 0.05) is 6.54 Å². The Labute approximate surface area is 180 Å². The molecule has 3 rings (SSSR count). The number of carbonyl (C=O) groups is 1. The minimum atomic E-state index is -0.0940. The number of ether oxygens (including phenoxy) is 4. The van der Waals surface area contributed by atoms with Crippen molar-refractivity contribution in [1.29, 1.82) is 0 Å². The zero-order chi connectivity index (χ0) is 21.7. The maximum absolute atomic E-state index is 12.9. The molecule has 0 unspecified atom stereocenters. The monoisotopic (exact) mass is 428 g/mol. The number of amidine groups is 1. The summed E-state index contributed by atoms with van der Waals surface area (Å²) in [5, 5.41) is 0.631. The Balaban J connectivity index is 1.96. The molecular formula is C22H24N2O5S. The highest BCUT2D eigenvalue weighted by molar-refractivity contribution is 8.18. The molecule has 0 bridgehead atoms. The van der Waals surface area contributed by atoms with Gasteiger partial charge in [0.05, 0.1) is 39.0 Å². The van der Waals surface area contributed by atoms with Crippen LogP contribution in [0.25, 0.3) is 6.08 Å². The van der Waals surface area contributed by atoms with Gasteiger partial charge in [-0.05, 0) is 66.7 Å². The fourth-order valence-corrected chi connectivity index (χ4v) is 4.04. The lowest BCUT2D eigenvalue weighted by Gasteiger charge is -2.13. The Hall–Kier alpha value is -3.13. The zero-order valence-electron chi connectivity index (χ0n) is 17.6. The van der Waals surface area contributed by atoms with Crippen LogP contribution < -0.4 is 18.9 Å². The molecule has 30 heavy (non-hydrogen) atoms. The maximum Gasteiger partial charge on any atom is 0.266 e. The summed E-state index contributed by atoms with van der Waals surface area (Å²) in [5.74, 6) is 2.22. The molecule has 1 heterocycles. The first-order valence-corrected chi connectivity index (χ1v) is 10.1. The van der Waals surface area contributed by atoms with E-state index in [1.54, 1.807) is 51.5 Å². The molecule has 1 aliphatic rings. The van der Waals surface area contributed by atoms with Crippen LogP contribution in [-0.4, -0.2) is 51.0 Å². The smallest absolute Gasteiger partial charge is 0.266 e. The predicted molar refractivity (Wildman–Crippen MR) is 119 cm³/mol. The van der Waals surface area contributed by atoms with Crippen molar-refractivity contribution >= 4 is 34.6 Å². The third-order valence-corrected chi connectivity index (χ3v) is 5.49. The first kappa shape index (κ1) is 21.6. The lowest BCUT2D eigenvalue weighted by Crippen LogP contribution is -2.28. The van der Waals surface area contributed by atoms with E-state index in [-0.39, 0.29) is 5.91 Å². The number of benzene rings is 2. The van der Waals surface area contributed by atoms with Crippen molar-refractivity contribution in [2.24, 2.45) is 4.99 Å². The summed E-state index contributed by atoms with van der Waals surface area (Å²) in [7, 11) is 6.28. The Morgan fingerprint density at radius 3 is 2.10 bits per heavy atom. The van der Waals surface area contributed by atoms with E-state index >= 15 is 0 Å². The van der Waals surface area contributed by atoms with Gasteiger partial charge < -0.3 is 18.9 Å². The van der Waals surface area contributed by atoms with E-state index in [4.69, 9.17) is 18.9 Å². The molecule has 1 amide bonds. The van der Waals surface area contributed by atoms with E-state index < -0.39 is 0 Å². The van der Waals surface area contributed by atoms with Crippen molar-refractivity contribution in [1.82, 2.24) is 4.90 Å². The van der Waals surface area contributed by atoms with Crippen LogP contribution in [0.2, 0.25) is 0 Å². The highest BCUT2D eigenvalue weighted by atomic mass is 32.2. The lowest BCUT2D eigenvalue weighted by molar-refractivity contribution is -0.122. The summed E-state index contributed by atoms with van der Waals surface area (Å²) in [6.45, 7) is 2.44. The summed E-state index contributed by atoms with van der Waals surface area (Å²) in [5.41, 5.74) is 1.51. The van der Waals surface area contributed by atoms with Crippen LogP contribution >= 0.6 is 11.8 Å². The van der Waals surface area contributed by atoms with Crippen LogP contribution in [0.1, 0.15) is 12.5 Å². The van der Waals surface area contributed by atoms with Gasteiger partial charge in [0.15, 0.2) is 16.7 Å². The minimum absolute atomic E-state index is 0.0940. The van der Waals surface area contributed by atoms with Crippen molar-refractivity contribution in [2.75, 3.05) is 35.0 Å². The third-order valence-electron chi connectivity index (χ3n) is 4.49. The number of thioether (sulfide) groups is 1. The van der Waals surface area contributed by atoms with Crippen molar-refractivity contribution in [3.63, 3.8) is 0 Å².